The number of anilines is 1. The predicted octanol–water partition coefficient (Wildman–Crippen LogP) is 4.58. The molecule has 2 rings (SSSR count). The first-order valence-electron chi connectivity index (χ1n) is 6.92. The summed E-state index contributed by atoms with van der Waals surface area (Å²) < 4.78 is 10.2. The van der Waals surface area contributed by atoms with Gasteiger partial charge in [-0.15, -0.1) is 0 Å². The Hall–Kier alpha value is -1.87. The molecular formula is C15H11Cl3N2O5S. The maximum Gasteiger partial charge on any atom is 0.308 e. The monoisotopic (exact) mass is 436 g/mol. The van der Waals surface area contributed by atoms with Gasteiger partial charge in [0.15, 0.2) is 16.6 Å². The lowest BCUT2D eigenvalue weighted by atomic mass is 10.1. The number of carbonyl (C=O) groups excluding carboxylic acids is 3. The van der Waals surface area contributed by atoms with Gasteiger partial charge in [0, 0.05) is 27.0 Å². The van der Waals surface area contributed by atoms with Crippen LogP contribution in [-0.4, -0.2) is 22.8 Å². The van der Waals surface area contributed by atoms with E-state index in [-0.39, 0.29) is 43.2 Å². The van der Waals surface area contributed by atoms with Crippen molar-refractivity contribution >= 4 is 69.1 Å². The number of esters is 2. The van der Waals surface area contributed by atoms with E-state index >= 15 is 0 Å². The van der Waals surface area contributed by atoms with Crippen molar-refractivity contribution in [2.45, 2.75) is 20.8 Å². The average Bonchev–Trinajstić information content (AvgIpc) is 2.95. The molecule has 1 N–H and O–H groups in total. The predicted molar refractivity (Wildman–Crippen MR) is 99.5 cm³/mol. The normalized spacial score (nSPS) is 10.4. The van der Waals surface area contributed by atoms with Crippen molar-refractivity contribution in [3.63, 3.8) is 0 Å². The van der Waals surface area contributed by atoms with E-state index in [1.807, 2.05) is 0 Å². The molecule has 11 heteroatoms. The van der Waals surface area contributed by atoms with Crippen LogP contribution in [0.4, 0.5) is 5.13 Å². The van der Waals surface area contributed by atoms with Gasteiger partial charge in [-0.1, -0.05) is 46.1 Å². The van der Waals surface area contributed by atoms with Crippen LogP contribution >= 0.6 is 46.1 Å². The fourth-order valence-corrected chi connectivity index (χ4v) is 3.68. The Morgan fingerprint density at radius 1 is 0.962 bits per heavy atom. The van der Waals surface area contributed by atoms with E-state index in [4.69, 9.17) is 44.3 Å². The number of hydrogen-bond acceptors (Lipinski definition) is 7. The Balaban J connectivity index is 2.73. The summed E-state index contributed by atoms with van der Waals surface area (Å²) in [5, 5.41) is 2.37. The van der Waals surface area contributed by atoms with Crippen LogP contribution in [0.15, 0.2) is 6.20 Å². The van der Waals surface area contributed by atoms with Gasteiger partial charge in [0.1, 0.15) is 10.0 Å². The van der Waals surface area contributed by atoms with Crippen LogP contribution in [0.25, 0.3) is 10.4 Å². The maximum absolute atomic E-state index is 11.5. The smallest absolute Gasteiger partial charge is 0.308 e. The zero-order chi connectivity index (χ0) is 19.6. The summed E-state index contributed by atoms with van der Waals surface area (Å²) >= 11 is 19.7. The van der Waals surface area contributed by atoms with E-state index in [9.17, 15) is 14.4 Å². The molecule has 0 aliphatic carbocycles. The number of nitrogens with zero attached hydrogens (tertiary/aromatic N) is 1. The second-order valence-corrected chi connectivity index (χ2v) is 7.04. The number of benzene rings is 1. The maximum atomic E-state index is 11.5. The molecule has 0 saturated carbocycles. The molecule has 1 aromatic heterocycles. The summed E-state index contributed by atoms with van der Waals surface area (Å²) in [6.45, 7) is 3.68. The van der Waals surface area contributed by atoms with Crippen LogP contribution in [0.3, 0.4) is 0 Å². The highest BCUT2D eigenvalue weighted by Crippen LogP contribution is 2.53. The highest BCUT2D eigenvalue weighted by Gasteiger charge is 2.28. The summed E-state index contributed by atoms with van der Waals surface area (Å²) in [6.07, 6.45) is 1.39. The molecule has 2 aromatic rings. The summed E-state index contributed by atoms with van der Waals surface area (Å²) in [5.41, 5.74) is 0.154. The van der Waals surface area contributed by atoms with Gasteiger partial charge in [-0.25, -0.2) is 4.98 Å². The van der Waals surface area contributed by atoms with Gasteiger partial charge in [-0.3, -0.25) is 14.4 Å². The summed E-state index contributed by atoms with van der Waals surface area (Å²) in [7, 11) is 0. The molecule has 26 heavy (non-hydrogen) atoms. The highest BCUT2D eigenvalue weighted by atomic mass is 35.5. The van der Waals surface area contributed by atoms with Crippen LogP contribution in [0.5, 0.6) is 11.5 Å². The Morgan fingerprint density at radius 3 is 2.04 bits per heavy atom. The molecule has 0 radical (unpaired) electrons. The molecule has 0 saturated heterocycles. The molecule has 0 spiro atoms. The van der Waals surface area contributed by atoms with Crippen molar-refractivity contribution in [3.8, 4) is 21.9 Å². The zero-order valence-electron chi connectivity index (χ0n) is 13.6. The molecule has 0 aliphatic rings. The molecule has 0 atom stereocenters. The lowest BCUT2D eigenvalue weighted by Gasteiger charge is -2.16. The Labute approximate surface area is 167 Å². The quantitative estimate of drug-likeness (QED) is 0.427. The molecule has 1 aromatic carbocycles. The molecular weight excluding hydrogens is 427 g/mol. The van der Waals surface area contributed by atoms with Crippen LogP contribution in [0.2, 0.25) is 15.1 Å². The third-order valence-corrected chi connectivity index (χ3v) is 4.87. The van der Waals surface area contributed by atoms with E-state index < -0.39 is 11.9 Å². The van der Waals surface area contributed by atoms with E-state index in [0.717, 1.165) is 11.3 Å². The zero-order valence-corrected chi connectivity index (χ0v) is 16.7. The van der Waals surface area contributed by atoms with Crippen molar-refractivity contribution in [2.75, 3.05) is 5.32 Å². The molecule has 138 valence electrons. The van der Waals surface area contributed by atoms with Crippen LogP contribution in [-0.2, 0) is 14.4 Å². The summed E-state index contributed by atoms with van der Waals surface area (Å²) in [5.74, 6) is -1.92. The third-order valence-electron chi connectivity index (χ3n) is 2.76. The molecule has 0 fully saturated rings. The van der Waals surface area contributed by atoms with Crippen LogP contribution < -0.4 is 14.8 Å². The number of carbonyl (C=O) groups is 3. The standard InChI is InChI=1S/C15H11Cl3N2O5S/c1-5(21)20-15-19-4-8(26-15)9-10(16)14(25-7(3)23)12(18)11(17)13(9)24-6(2)22/h4H,1-3H3,(H,19,20,21). The van der Waals surface area contributed by atoms with E-state index in [2.05, 4.69) is 10.3 Å². The third kappa shape index (κ3) is 4.45. The van der Waals surface area contributed by atoms with Gasteiger partial charge in [-0.2, -0.15) is 0 Å². The largest absolute Gasteiger partial charge is 0.424 e. The van der Waals surface area contributed by atoms with Crippen molar-refractivity contribution in [1.82, 2.24) is 4.98 Å². The number of nitrogens with one attached hydrogen (secondary N) is 1. The van der Waals surface area contributed by atoms with Crippen molar-refractivity contribution in [3.05, 3.63) is 21.3 Å². The molecule has 1 amide bonds. The van der Waals surface area contributed by atoms with Gasteiger partial charge in [0.25, 0.3) is 0 Å². The molecule has 0 bridgehead atoms. The number of aromatic nitrogens is 1. The second-order valence-electron chi connectivity index (χ2n) is 4.87. The number of ether oxygens (including phenoxy) is 2. The average molecular weight is 438 g/mol. The first-order chi connectivity index (χ1) is 12.1. The molecule has 7 nitrogen and oxygen atoms in total. The van der Waals surface area contributed by atoms with E-state index in [1.165, 1.54) is 27.0 Å². The fraction of sp³-hybridized carbons (Fsp3) is 0.200. The van der Waals surface area contributed by atoms with E-state index in [0.29, 0.717) is 4.88 Å². The second kappa shape index (κ2) is 8.22. The first kappa shape index (κ1) is 20.4. The number of halogens is 3. The Kier molecular flexibility index (Phi) is 6.46. The first-order valence-corrected chi connectivity index (χ1v) is 8.87. The number of rotatable bonds is 4. The van der Waals surface area contributed by atoms with Gasteiger partial charge in [0.05, 0.1) is 15.5 Å². The number of thiazole rings is 1. The van der Waals surface area contributed by atoms with Crippen molar-refractivity contribution in [2.24, 2.45) is 0 Å². The minimum absolute atomic E-state index is 0.0936. The van der Waals surface area contributed by atoms with E-state index in [1.54, 1.807) is 0 Å². The van der Waals surface area contributed by atoms with Crippen LogP contribution in [0.1, 0.15) is 20.8 Å². The summed E-state index contributed by atoms with van der Waals surface area (Å²) in [4.78, 5) is 38.4. The highest BCUT2D eigenvalue weighted by molar-refractivity contribution is 7.19. The summed E-state index contributed by atoms with van der Waals surface area (Å²) in [6, 6.07) is 0. The van der Waals surface area contributed by atoms with Crippen molar-refractivity contribution in [1.29, 1.82) is 0 Å². The van der Waals surface area contributed by atoms with Crippen LogP contribution in [0, 0.1) is 0 Å². The number of hydrogen-bond donors (Lipinski definition) is 1. The minimum Gasteiger partial charge on any atom is -0.424 e. The molecule has 1 heterocycles. The lowest BCUT2D eigenvalue weighted by Crippen LogP contribution is -2.07. The van der Waals surface area contributed by atoms with Gasteiger partial charge in [0.2, 0.25) is 5.91 Å². The Bertz CT molecular complexity index is 913. The minimum atomic E-state index is -0.667. The van der Waals surface area contributed by atoms with Crippen molar-refractivity contribution < 1.29 is 23.9 Å². The van der Waals surface area contributed by atoms with Gasteiger partial charge >= 0.3 is 11.9 Å². The molecule has 0 unspecified atom stereocenters. The Morgan fingerprint density at radius 2 is 1.50 bits per heavy atom. The van der Waals surface area contributed by atoms with Gasteiger partial charge in [-0.05, 0) is 0 Å². The topological polar surface area (TPSA) is 94.6 Å². The fourth-order valence-electron chi connectivity index (χ4n) is 1.91. The lowest BCUT2D eigenvalue weighted by molar-refractivity contribution is -0.133. The SMILES string of the molecule is CC(=O)Nc1ncc(-c2c(Cl)c(OC(C)=O)c(Cl)c(Cl)c2OC(C)=O)s1. The molecule has 0 aliphatic heterocycles. The van der Waals surface area contributed by atoms with Gasteiger partial charge < -0.3 is 14.8 Å². The number of amides is 1.